The normalized spacial score (nSPS) is 0. The van der Waals surface area contributed by atoms with Crippen molar-refractivity contribution in [1.29, 1.82) is 0 Å². The molecule has 28 valence electrons. The summed E-state index contributed by atoms with van der Waals surface area (Å²) in [7, 11) is 0. The van der Waals surface area contributed by atoms with Gasteiger partial charge in [0.1, 0.15) is 0 Å². The second-order valence-corrected chi connectivity index (χ2v) is 0. The zero-order chi connectivity index (χ0) is 0. The van der Waals surface area contributed by atoms with Crippen LogP contribution in [0.5, 0.6) is 0 Å². The third-order valence-electron chi connectivity index (χ3n) is 0. The van der Waals surface area contributed by atoms with Crippen molar-refractivity contribution in [2.75, 3.05) is 0 Å². The first-order chi connectivity index (χ1) is 0. The monoisotopic (exact) mass is 480 g/mol. The maximum Gasteiger partial charge on any atom is 0 e. The van der Waals surface area contributed by atoms with E-state index < -0.39 is 0 Å². The van der Waals surface area contributed by atoms with Gasteiger partial charge in [0, 0.05) is 66.1 Å². The van der Waals surface area contributed by atoms with Crippen molar-refractivity contribution in [3.05, 3.63) is 0 Å². The van der Waals surface area contributed by atoms with Crippen LogP contribution in [0.25, 0.3) is 0 Å². The predicted octanol–water partition coefficient (Wildman–Crippen LogP) is -2.53. The van der Waals surface area contributed by atoms with Gasteiger partial charge in [-0.2, -0.15) is 0 Å². The third-order valence-corrected chi connectivity index (χ3v) is 0. The molecule has 0 fully saturated rings. The van der Waals surface area contributed by atoms with E-state index in [1.165, 1.54) is 0 Å². The minimum Gasteiger partial charge on any atom is 0 e. The van der Waals surface area contributed by atoms with Crippen molar-refractivity contribution in [1.82, 2.24) is 0 Å². The van der Waals surface area contributed by atoms with Gasteiger partial charge in [-0.05, 0) is 0 Å². The number of hydrogen-bond donors (Lipinski definition) is 0. The van der Waals surface area contributed by atoms with Gasteiger partial charge >= 0.3 is 83.4 Å². The Bertz CT molecular complexity index is 17.7. The summed E-state index contributed by atoms with van der Waals surface area (Å²) in [4.78, 5) is 0. The second-order valence-electron chi connectivity index (χ2n) is 0. The topological polar surface area (TPSA) is 0 Å². The van der Waals surface area contributed by atoms with E-state index in [-0.39, 0.29) is 152 Å². The van der Waals surface area contributed by atoms with Crippen LogP contribution in [0.4, 0.5) is 0 Å². The molecule has 0 nitrogen and oxygen atoms in total. The summed E-state index contributed by atoms with van der Waals surface area (Å²) >= 11 is 0. The molecular weight excluding hydrogens is 473 g/mol. The van der Waals surface area contributed by atoms with E-state index in [2.05, 4.69) is 0 Å². The molecule has 0 atom stereocenters. The molecule has 0 saturated carbocycles. The Morgan fingerprint density at radius 3 is 1.20 bits per heavy atom. The third kappa shape index (κ3) is 17.6. The average molecular weight is 481 g/mol. The summed E-state index contributed by atoms with van der Waals surface area (Å²) in [5.74, 6) is 0. The van der Waals surface area contributed by atoms with E-state index >= 15 is 0 Å². The largest absolute Gasteiger partial charge is 0 e. The molecule has 0 heterocycles. The van der Waals surface area contributed by atoms with Gasteiger partial charge in [-0.25, -0.2) is 0 Å². The van der Waals surface area contributed by atoms with Gasteiger partial charge in [0.05, 0.1) is 0 Å². The Morgan fingerprint density at radius 2 is 1.20 bits per heavy atom. The summed E-state index contributed by atoms with van der Waals surface area (Å²) in [6.07, 6.45) is 0. The van der Waals surface area contributed by atoms with Crippen LogP contribution in [-0.2, 0) is 26.2 Å². The molecule has 0 aromatic rings. The van der Waals surface area contributed by atoms with Crippen molar-refractivity contribution in [3.63, 3.8) is 0 Å². The van der Waals surface area contributed by atoms with Gasteiger partial charge < -0.3 is 2.85 Å². The van der Waals surface area contributed by atoms with Crippen LogP contribution in [0.1, 0.15) is 2.85 Å². The van der Waals surface area contributed by atoms with Gasteiger partial charge in [0.15, 0.2) is 0 Å². The number of rotatable bonds is 0. The summed E-state index contributed by atoms with van der Waals surface area (Å²) in [5, 5.41) is 0. The summed E-state index contributed by atoms with van der Waals surface area (Å²) in [5.41, 5.74) is 0. The van der Waals surface area contributed by atoms with Crippen molar-refractivity contribution in [2.24, 2.45) is 0 Å². The van der Waals surface area contributed by atoms with Crippen LogP contribution in [-0.4, -0.2) is 83.4 Å². The summed E-state index contributed by atoms with van der Waals surface area (Å²) in [6, 6.07) is 0. The van der Waals surface area contributed by atoms with E-state index in [1.807, 2.05) is 0 Å². The maximum absolute atomic E-state index is 0. The first-order valence-corrected chi connectivity index (χ1v) is 0. The zero-order valence-corrected chi connectivity index (χ0v) is 8.50. The minimum atomic E-state index is 0. The molecule has 0 bridgehead atoms. The summed E-state index contributed by atoms with van der Waals surface area (Å²) < 4.78 is 0. The Labute approximate surface area is 148 Å². The molecule has 0 aromatic heterocycles. The van der Waals surface area contributed by atoms with Crippen molar-refractivity contribution >= 4 is 83.4 Å². The molecule has 0 spiro atoms. The molecule has 0 aliphatic rings. The fourth-order valence-electron chi connectivity index (χ4n) is 0. The molecule has 5 heteroatoms. The van der Waals surface area contributed by atoms with Gasteiger partial charge in [0.25, 0.3) is 0 Å². The molecule has 0 unspecified atom stereocenters. The summed E-state index contributed by atoms with van der Waals surface area (Å²) in [6.45, 7) is 0. The van der Waals surface area contributed by atoms with E-state index in [4.69, 9.17) is 0 Å². The van der Waals surface area contributed by atoms with Crippen LogP contribution >= 0.6 is 0 Å². The molecule has 0 aliphatic carbocycles. The van der Waals surface area contributed by atoms with E-state index in [1.54, 1.807) is 0 Å². The molecule has 0 aliphatic heterocycles. The Balaban J connectivity index is 0. The van der Waals surface area contributed by atoms with Gasteiger partial charge in [-0.15, -0.1) is 0 Å². The molecule has 0 rings (SSSR count). The molecular formula is H8CaGaGdInZr. The molecule has 0 N–H and O–H groups in total. The molecule has 0 aromatic carbocycles. The molecule has 0 radical (unpaired) electrons. The van der Waals surface area contributed by atoms with E-state index in [0.29, 0.717) is 0 Å². The quantitative estimate of drug-likeness (QED) is 0.336. The van der Waals surface area contributed by atoms with Crippen molar-refractivity contribution in [2.45, 2.75) is 0 Å². The Hall–Kier alpha value is 4.97. The zero-order valence-electron chi connectivity index (χ0n) is 3.56. The van der Waals surface area contributed by atoms with Crippen LogP contribution in [0, 0.1) is 39.9 Å². The first-order valence-electron chi connectivity index (χ1n) is 0. The predicted molar refractivity (Wildman–Crippen MR) is 27.9 cm³/mol. The molecule has 5 heavy (non-hydrogen) atoms. The van der Waals surface area contributed by atoms with Crippen LogP contribution in [0.15, 0.2) is 0 Å². The van der Waals surface area contributed by atoms with Crippen molar-refractivity contribution < 1.29 is 69.0 Å². The van der Waals surface area contributed by atoms with E-state index in [0.717, 1.165) is 0 Å². The minimum absolute atomic E-state index is 0. The van der Waals surface area contributed by atoms with Crippen LogP contribution in [0.3, 0.4) is 0 Å². The fourth-order valence-corrected chi connectivity index (χ4v) is 0. The Morgan fingerprint density at radius 1 is 1.20 bits per heavy atom. The van der Waals surface area contributed by atoms with Crippen LogP contribution < -0.4 is 0 Å². The molecule has 0 saturated heterocycles. The molecule has 0 amide bonds. The van der Waals surface area contributed by atoms with Gasteiger partial charge in [-0.1, -0.05) is 0 Å². The smallest absolute Gasteiger partial charge is 0 e. The van der Waals surface area contributed by atoms with Gasteiger partial charge in [-0.3, -0.25) is 0 Å². The number of hydrogen-bond acceptors (Lipinski definition) is 0. The Kier molecular flexibility index (Phi) is 150. The van der Waals surface area contributed by atoms with Crippen LogP contribution in [0.2, 0.25) is 0 Å². The van der Waals surface area contributed by atoms with E-state index in [9.17, 15) is 0 Å². The standard InChI is InChI=1S/Ca.Ga.Gd.In.Zr.8H/q+2;;;;;;;;;;;2*-1. The second kappa shape index (κ2) is 23.1. The maximum atomic E-state index is 0. The van der Waals surface area contributed by atoms with Gasteiger partial charge in [0.2, 0.25) is 0 Å². The SMILES string of the molecule is [Ca+2].[GaH3].[Gd].[H-].[H-].[InH3].[Zr]. The first kappa shape index (κ1) is 32.5. The fraction of sp³-hybridized carbons (Fsp3) is 0. The average Bonchev–Trinajstić information content (AvgIpc) is 0. The van der Waals surface area contributed by atoms with Crippen molar-refractivity contribution in [3.8, 4) is 0 Å².